The fourth-order valence-corrected chi connectivity index (χ4v) is 4.99. The first-order valence-corrected chi connectivity index (χ1v) is 13.0. The van der Waals surface area contributed by atoms with Crippen molar-refractivity contribution in [1.29, 1.82) is 0 Å². The van der Waals surface area contributed by atoms with E-state index < -0.39 is 0 Å². The third kappa shape index (κ3) is 3.82. The summed E-state index contributed by atoms with van der Waals surface area (Å²) in [6, 6.07) is 39.8. The first kappa shape index (κ1) is 22.4. The maximum atomic E-state index is 6.14. The normalized spacial score (nSPS) is 11.5. The van der Waals surface area contributed by atoms with Gasteiger partial charge in [0.2, 0.25) is 5.89 Å². The number of hydrogen-bond acceptors (Lipinski definition) is 6. The summed E-state index contributed by atoms with van der Waals surface area (Å²) in [5.74, 6) is 2.29. The van der Waals surface area contributed by atoms with Gasteiger partial charge in [0.25, 0.3) is 0 Å². The lowest BCUT2D eigenvalue weighted by Gasteiger charge is -2.08. The monoisotopic (exact) mass is 516 g/mol. The highest BCUT2D eigenvalue weighted by Crippen LogP contribution is 2.33. The number of benzene rings is 5. The highest BCUT2D eigenvalue weighted by atomic mass is 16.3. The van der Waals surface area contributed by atoms with Crippen LogP contribution in [-0.4, -0.2) is 19.9 Å². The Hall–Kier alpha value is -5.62. The van der Waals surface area contributed by atoms with E-state index in [0.717, 1.165) is 49.7 Å². The van der Waals surface area contributed by atoms with Crippen LogP contribution in [-0.2, 0) is 0 Å². The van der Waals surface area contributed by atoms with Crippen molar-refractivity contribution in [2.75, 3.05) is 0 Å². The van der Waals surface area contributed by atoms with Crippen LogP contribution < -0.4 is 0 Å². The molecule has 0 saturated carbocycles. The lowest BCUT2D eigenvalue weighted by atomic mass is 10.1. The molecule has 3 aromatic heterocycles. The molecule has 0 fully saturated rings. The first-order chi connectivity index (χ1) is 19.8. The van der Waals surface area contributed by atoms with Gasteiger partial charge in [0.05, 0.1) is 0 Å². The van der Waals surface area contributed by atoms with Crippen molar-refractivity contribution in [1.82, 2.24) is 19.9 Å². The fourth-order valence-electron chi connectivity index (χ4n) is 4.99. The van der Waals surface area contributed by atoms with Gasteiger partial charge in [0.15, 0.2) is 23.1 Å². The zero-order chi connectivity index (χ0) is 26.5. The molecule has 0 spiro atoms. The van der Waals surface area contributed by atoms with E-state index in [-0.39, 0.29) is 0 Å². The number of hydrogen-bond donors (Lipinski definition) is 0. The average molecular weight is 517 g/mol. The minimum absolute atomic E-state index is 0.555. The van der Waals surface area contributed by atoms with Gasteiger partial charge in [-0.1, -0.05) is 72.8 Å². The van der Waals surface area contributed by atoms with Crippen LogP contribution in [0.25, 0.3) is 78.7 Å². The molecule has 0 aliphatic rings. The molecule has 8 aromatic rings. The highest BCUT2D eigenvalue weighted by Gasteiger charge is 2.16. The largest absolute Gasteiger partial charge is 0.456 e. The maximum absolute atomic E-state index is 6.14. The van der Waals surface area contributed by atoms with Gasteiger partial charge in [-0.25, -0.2) is 19.9 Å². The van der Waals surface area contributed by atoms with E-state index in [1.807, 2.05) is 109 Å². The van der Waals surface area contributed by atoms with E-state index >= 15 is 0 Å². The molecule has 3 heterocycles. The zero-order valence-corrected chi connectivity index (χ0v) is 21.2. The number of furan rings is 1. The van der Waals surface area contributed by atoms with Crippen LogP contribution in [0, 0.1) is 0 Å². The van der Waals surface area contributed by atoms with Crippen molar-refractivity contribution in [2.24, 2.45) is 0 Å². The van der Waals surface area contributed by atoms with Gasteiger partial charge < -0.3 is 8.83 Å². The topological polar surface area (TPSA) is 77.8 Å². The molecule has 0 atom stereocenters. The molecule has 0 radical (unpaired) electrons. The predicted octanol–water partition coefficient (Wildman–Crippen LogP) is 8.58. The molecule has 0 aliphatic carbocycles. The maximum Gasteiger partial charge on any atom is 0.227 e. The van der Waals surface area contributed by atoms with Crippen LogP contribution in [0.3, 0.4) is 0 Å². The Morgan fingerprint density at radius 3 is 1.75 bits per heavy atom. The van der Waals surface area contributed by atoms with Crippen molar-refractivity contribution < 1.29 is 8.83 Å². The molecule has 6 nitrogen and oxygen atoms in total. The summed E-state index contributed by atoms with van der Waals surface area (Å²) in [5, 5.41) is 2.14. The second-order valence-corrected chi connectivity index (χ2v) is 9.55. The number of rotatable bonds is 4. The lowest BCUT2D eigenvalue weighted by molar-refractivity contribution is 0.620. The number of para-hydroxylation sites is 1. The van der Waals surface area contributed by atoms with Gasteiger partial charge in [-0.15, -0.1) is 0 Å². The fraction of sp³-hybridized carbons (Fsp3) is 0. The SMILES string of the molecule is c1ccc(-c2nc(-c3ccc4oc(-c5ccccc5)nc4c3)nc(-c3ccc4c(c3)oc3ccccc34)n2)cc1. The minimum Gasteiger partial charge on any atom is -0.456 e. The number of nitrogens with zero attached hydrogens (tertiary/aromatic N) is 4. The van der Waals surface area contributed by atoms with Crippen LogP contribution >= 0.6 is 0 Å². The zero-order valence-electron chi connectivity index (χ0n) is 21.2. The van der Waals surface area contributed by atoms with E-state index in [2.05, 4.69) is 12.1 Å². The summed E-state index contributed by atoms with van der Waals surface area (Å²) in [7, 11) is 0. The van der Waals surface area contributed by atoms with Gasteiger partial charge in [-0.05, 0) is 48.5 Å². The quantitative estimate of drug-likeness (QED) is 0.233. The Bertz CT molecular complexity index is 2170. The molecule has 0 unspecified atom stereocenters. The van der Waals surface area contributed by atoms with Crippen LogP contribution in [0.15, 0.2) is 130 Å². The Morgan fingerprint density at radius 1 is 0.375 bits per heavy atom. The lowest BCUT2D eigenvalue weighted by Crippen LogP contribution is -2.00. The molecule has 8 rings (SSSR count). The van der Waals surface area contributed by atoms with Gasteiger partial charge >= 0.3 is 0 Å². The van der Waals surface area contributed by atoms with Crippen molar-refractivity contribution in [2.45, 2.75) is 0 Å². The van der Waals surface area contributed by atoms with Crippen LogP contribution in [0.1, 0.15) is 0 Å². The van der Waals surface area contributed by atoms with Gasteiger partial charge in [0, 0.05) is 33.0 Å². The van der Waals surface area contributed by atoms with Crippen LogP contribution in [0.2, 0.25) is 0 Å². The van der Waals surface area contributed by atoms with E-state index in [1.165, 1.54) is 0 Å². The van der Waals surface area contributed by atoms with Gasteiger partial charge in [-0.3, -0.25) is 0 Å². The second-order valence-electron chi connectivity index (χ2n) is 9.55. The molecule has 0 saturated heterocycles. The molecular weight excluding hydrogens is 496 g/mol. The van der Waals surface area contributed by atoms with E-state index in [9.17, 15) is 0 Å². The third-order valence-electron chi connectivity index (χ3n) is 6.97. The molecule has 5 aromatic carbocycles. The van der Waals surface area contributed by atoms with E-state index in [4.69, 9.17) is 28.8 Å². The predicted molar refractivity (Wildman–Crippen MR) is 156 cm³/mol. The molecule has 6 heteroatoms. The third-order valence-corrected chi connectivity index (χ3v) is 6.97. The summed E-state index contributed by atoms with van der Waals surface area (Å²) >= 11 is 0. The Kier molecular flexibility index (Phi) is 5.03. The van der Waals surface area contributed by atoms with Gasteiger partial charge in [0.1, 0.15) is 16.7 Å². The molecule has 0 amide bonds. The highest BCUT2D eigenvalue weighted by molar-refractivity contribution is 6.05. The number of aromatic nitrogens is 4. The Balaban J connectivity index is 1.28. The molecule has 188 valence electrons. The summed E-state index contributed by atoms with van der Waals surface area (Å²) in [6.07, 6.45) is 0. The van der Waals surface area contributed by atoms with Crippen molar-refractivity contribution in [3.8, 4) is 45.6 Å². The van der Waals surface area contributed by atoms with Crippen molar-refractivity contribution in [3.05, 3.63) is 121 Å². The number of oxazole rings is 1. The van der Waals surface area contributed by atoms with Crippen molar-refractivity contribution in [3.63, 3.8) is 0 Å². The van der Waals surface area contributed by atoms with E-state index in [1.54, 1.807) is 0 Å². The Labute approximate surface area is 228 Å². The Morgan fingerprint density at radius 2 is 0.975 bits per heavy atom. The van der Waals surface area contributed by atoms with Crippen LogP contribution in [0.4, 0.5) is 0 Å². The van der Waals surface area contributed by atoms with Crippen LogP contribution in [0.5, 0.6) is 0 Å². The molecular formula is C34H20N4O2. The summed E-state index contributed by atoms with van der Waals surface area (Å²) in [6.45, 7) is 0. The first-order valence-electron chi connectivity index (χ1n) is 13.0. The summed E-state index contributed by atoms with van der Waals surface area (Å²) in [4.78, 5) is 19.4. The second kappa shape index (κ2) is 8.99. The summed E-state index contributed by atoms with van der Waals surface area (Å²) in [5.41, 5.74) is 6.60. The van der Waals surface area contributed by atoms with Gasteiger partial charge in [-0.2, -0.15) is 0 Å². The average Bonchev–Trinajstić information content (AvgIpc) is 3.62. The molecule has 0 aliphatic heterocycles. The van der Waals surface area contributed by atoms with E-state index in [0.29, 0.717) is 28.9 Å². The van der Waals surface area contributed by atoms with Crippen molar-refractivity contribution >= 4 is 33.0 Å². The molecule has 0 bridgehead atoms. The minimum atomic E-state index is 0.555. The number of fused-ring (bicyclic) bond motifs is 4. The smallest absolute Gasteiger partial charge is 0.227 e. The summed E-state index contributed by atoms with van der Waals surface area (Å²) < 4.78 is 12.2. The standard InChI is InChI=1S/C34H20N4O2/c1-3-9-21(10-4-1)31-36-32(23-16-18-29-27(19-23)35-34(40-29)22-11-5-2-6-12-22)38-33(37-31)24-15-17-26-25-13-7-8-14-28(25)39-30(26)20-24/h1-20H. The molecule has 40 heavy (non-hydrogen) atoms. The molecule has 0 N–H and O–H groups in total.